The van der Waals surface area contributed by atoms with Crippen molar-refractivity contribution in [3.05, 3.63) is 63.6 Å². The lowest BCUT2D eigenvalue weighted by molar-refractivity contribution is 0.0682. The molecule has 3 rings (SSSR count). The summed E-state index contributed by atoms with van der Waals surface area (Å²) in [6.45, 7) is 3.74. The quantitative estimate of drug-likeness (QED) is 0.790. The third-order valence-corrected chi connectivity index (χ3v) is 4.90. The summed E-state index contributed by atoms with van der Waals surface area (Å²) in [7, 11) is 0. The van der Waals surface area contributed by atoms with E-state index < -0.39 is 0 Å². The molecular weight excluding hydrogens is 371 g/mol. The number of benzene rings is 2. The van der Waals surface area contributed by atoms with Crippen molar-refractivity contribution in [2.45, 2.75) is 19.8 Å². The Morgan fingerprint density at radius 1 is 1.04 bits per heavy atom. The summed E-state index contributed by atoms with van der Waals surface area (Å²) in [5.41, 5.74) is 1.58. The van der Waals surface area contributed by atoms with Crippen LogP contribution in [-0.2, 0) is 0 Å². The Labute approximate surface area is 163 Å². The van der Waals surface area contributed by atoms with E-state index in [-0.39, 0.29) is 11.8 Å². The Kier molecular flexibility index (Phi) is 5.84. The third kappa shape index (κ3) is 4.57. The molecular formula is C20H20Cl2N2O2. The minimum absolute atomic E-state index is 0.0186. The molecule has 0 radical (unpaired) electrons. The molecule has 1 aliphatic rings. The molecule has 0 spiro atoms. The lowest BCUT2D eigenvalue weighted by atomic mass is 9.99. The van der Waals surface area contributed by atoms with E-state index in [1.54, 1.807) is 42.5 Å². The van der Waals surface area contributed by atoms with E-state index in [4.69, 9.17) is 23.2 Å². The molecule has 6 heteroatoms. The van der Waals surface area contributed by atoms with Crippen molar-refractivity contribution in [1.82, 2.24) is 4.90 Å². The number of carbonyl (C=O) groups is 2. The highest BCUT2D eigenvalue weighted by Crippen LogP contribution is 2.23. The fraction of sp³-hybridized carbons (Fsp3) is 0.300. The summed E-state index contributed by atoms with van der Waals surface area (Å²) in [5.74, 6) is 0.265. The van der Waals surface area contributed by atoms with Crippen LogP contribution in [0.2, 0.25) is 10.0 Å². The van der Waals surface area contributed by atoms with Crippen LogP contribution in [0.5, 0.6) is 0 Å². The molecule has 0 saturated carbocycles. The predicted octanol–water partition coefficient (Wildman–Crippen LogP) is 5.12. The van der Waals surface area contributed by atoms with E-state index >= 15 is 0 Å². The highest BCUT2D eigenvalue weighted by atomic mass is 35.5. The topological polar surface area (TPSA) is 49.4 Å². The number of likely N-dealkylation sites (tertiary alicyclic amines) is 1. The van der Waals surface area contributed by atoms with Crippen molar-refractivity contribution in [1.29, 1.82) is 0 Å². The van der Waals surface area contributed by atoms with Gasteiger partial charge in [-0.05, 0) is 61.2 Å². The predicted molar refractivity (Wildman–Crippen MR) is 105 cm³/mol. The van der Waals surface area contributed by atoms with Crippen LogP contribution < -0.4 is 5.32 Å². The van der Waals surface area contributed by atoms with Crippen LogP contribution in [0.4, 0.5) is 5.69 Å². The molecule has 1 unspecified atom stereocenters. The zero-order valence-electron chi connectivity index (χ0n) is 14.5. The number of rotatable bonds is 3. The Hall–Kier alpha value is -2.04. The Morgan fingerprint density at radius 3 is 2.27 bits per heavy atom. The van der Waals surface area contributed by atoms with E-state index in [1.807, 2.05) is 4.90 Å². The number of nitrogens with zero attached hydrogens (tertiary/aromatic N) is 1. The second kappa shape index (κ2) is 8.11. The van der Waals surface area contributed by atoms with Crippen molar-refractivity contribution in [2.24, 2.45) is 5.92 Å². The van der Waals surface area contributed by atoms with Crippen LogP contribution in [0.15, 0.2) is 42.5 Å². The first kappa shape index (κ1) is 18.7. The van der Waals surface area contributed by atoms with Gasteiger partial charge in [-0.1, -0.05) is 30.1 Å². The Bertz CT molecular complexity index is 801. The van der Waals surface area contributed by atoms with Gasteiger partial charge in [-0.3, -0.25) is 9.59 Å². The third-order valence-electron chi connectivity index (χ3n) is 4.46. The smallest absolute Gasteiger partial charge is 0.255 e. The molecule has 1 heterocycles. The van der Waals surface area contributed by atoms with Gasteiger partial charge in [0.15, 0.2) is 0 Å². The van der Waals surface area contributed by atoms with Gasteiger partial charge in [0, 0.05) is 39.9 Å². The molecule has 1 saturated heterocycles. The van der Waals surface area contributed by atoms with E-state index in [2.05, 4.69) is 12.2 Å². The number of hydrogen-bond donors (Lipinski definition) is 1. The van der Waals surface area contributed by atoms with Crippen LogP contribution in [0.1, 0.15) is 40.5 Å². The first-order chi connectivity index (χ1) is 12.4. The largest absolute Gasteiger partial charge is 0.338 e. The summed E-state index contributed by atoms with van der Waals surface area (Å²) in [5, 5.41) is 3.65. The molecule has 26 heavy (non-hydrogen) atoms. The highest BCUT2D eigenvalue weighted by molar-refractivity contribution is 6.35. The van der Waals surface area contributed by atoms with Gasteiger partial charge in [-0.25, -0.2) is 0 Å². The van der Waals surface area contributed by atoms with Gasteiger partial charge in [0.2, 0.25) is 0 Å². The van der Waals surface area contributed by atoms with Crippen LogP contribution in [0.25, 0.3) is 0 Å². The fourth-order valence-electron chi connectivity index (χ4n) is 3.15. The molecule has 2 amide bonds. The lowest BCUT2D eigenvalue weighted by Crippen LogP contribution is -2.39. The van der Waals surface area contributed by atoms with Gasteiger partial charge in [0.1, 0.15) is 0 Å². The number of hydrogen-bond acceptors (Lipinski definition) is 2. The van der Waals surface area contributed by atoms with Crippen LogP contribution >= 0.6 is 23.2 Å². The second-order valence-corrected chi connectivity index (χ2v) is 7.56. The van der Waals surface area contributed by atoms with Crippen LogP contribution in [0.3, 0.4) is 0 Å². The number of carbonyl (C=O) groups excluding carboxylic acids is 2. The summed E-state index contributed by atoms with van der Waals surface area (Å²) in [6, 6.07) is 11.6. The van der Waals surface area contributed by atoms with Crippen molar-refractivity contribution in [3.8, 4) is 0 Å². The minimum atomic E-state index is -0.283. The summed E-state index contributed by atoms with van der Waals surface area (Å²) >= 11 is 11.9. The Balaban J connectivity index is 1.68. The van der Waals surface area contributed by atoms with Crippen LogP contribution in [0, 0.1) is 5.92 Å². The van der Waals surface area contributed by atoms with E-state index in [0.29, 0.717) is 32.8 Å². The lowest BCUT2D eigenvalue weighted by Gasteiger charge is -2.31. The van der Waals surface area contributed by atoms with Crippen molar-refractivity contribution in [2.75, 3.05) is 18.4 Å². The van der Waals surface area contributed by atoms with Gasteiger partial charge in [0.25, 0.3) is 11.8 Å². The van der Waals surface area contributed by atoms with Gasteiger partial charge < -0.3 is 10.2 Å². The van der Waals surface area contributed by atoms with Gasteiger partial charge >= 0.3 is 0 Å². The SMILES string of the molecule is CC1CCCN(C(=O)c2ccc(C(=O)Nc3cc(Cl)cc(Cl)c3)cc2)C1. The molecule has 0 aromatic heterocycles. The van der Waals surface area contributed by atoms with Crippen molar-refractivity contribution >= 4 is 40.7 Å². The first-order valence-electron chi connectivity index (χ1n) is 8.59. The monoisotopic (exact) mass is 390 g/mol. The standard InChI is InChI=1S/C20H20Cl2N2O2/c1-13-3-2-8-24(12-13)20(26)15-6-4-14(5-7-15)19(25)23-18-10-16(21)9-17(22)11-18/h4-7,9-11,13H,2-3,8,12H2,1H3,(H,23,25). The molecule has 2 aromatic rings. The average molecular weight is 391 g/mol. The van der Waals surface area contributed by atoms with E-state index in [0.717, 1.165) is 25.9 Å². The average Bonchev–Trinajstić information content (AvgIpc) is 2.60. The summed E-state index contributed by atoms with van der Waals surface area (Å²) in [6.07, 6.45) is 2.20. The number of nitrogens with one attached hydrogen (secondary N) is 1. The highest BCUT2D eigenvalue weighted by Gasteiger charge is 2.22. The van der Waals surface area contributed by atoms with E-state index in [1.165, 1.54) is 0 Å². The molecule has 1 N–H and O–H groups in total. The maximum Gasteiger partial charge on any atom is 0.255 e. The fourth-order valence-corrected chi connectivity index (χ4v) is 3.68. The molecule has 136 valence electrons. The maximum absolute atomic E-state index is 12.6. The molecule has 1 fully saturated rings. The van der Waals surface area contributed by atoms with Gasteiger partial charge in [0.05, 0.1) is 0 Å². The van der Waals surface area contributed by atoms with Crippen LogP contribution in [-0.4, -0.2) is 29.8 Å². The molecule has 2 aromatic carbocycles. The number of piperidine rings is 1. The van der Waals surface area contributed by atoms with Crippen molar-refractivity contribution < 1.29 is 9.59 Å². The zero-order chi connectivity index (χ0) is 18.7. The number of anilines is 1. The van der Waals surface area contributed by atoms with Gasteiger partial charge in [-0.2, -0.15) is 0 Å². The molecule has 1 aliphatic heterocycles. The molecule has 0 bridgehead atoms. The Morgan fingerprint density at radius 2 is 1.65 bits per heavy atom. The number of amides is 2. The summed E-state index contributed by atoms with van der Waals surface area (Å²) < 4.78 is 0. The molecule has 0 aliphatic carbocycles. The van der Waals surface area contributed by atoms with Crippen molar-refractivity contribution in [3.63, 3.8) is 0 Å². The second-order valence-electron chi connectivity index (χ2n) is 6.69. The number of halogens is 2. The molecule has 4 nitrogen and oxygen atoms in total. The first-order valence-corrected chi connectivity index (χ1v) is 9.35. The van der Waals surface area contributed by atoms with E-state index in [9.17, 15) is 9.59 Å². The zero-order valence-corrected chi connectivity index (χ0v) is 16.0. The normalized spacial score (nSPS) is 17.0. The minimum Gasteiger partial charge on any atom is -0.338 e. The summed E-state index contributed by atoms with van der Waals surface area (Å²) in [4.78, 5) is 26.8. The molecule has 1 atom stereocenters. The van der Waals surface area contributed by atoms with Gasteiger partial charge in [-0.15, -0.1) is 0 Å². The maximum atomic E-state index is 12.6.